The summed E-state index contributed by atoms with van der Waals surface area (Å²) in [6, 6.07) is 0. The second-order valence-electron chi connectivity index (χ2n) is 0.448. The maximum atomic E-state index is 8.74. The van der Waals surface area contributed by atoms with Gasteiger partial charge in [-0.2, -0.15) is 8.42 Å². The van der Waals surface area contributed by atoms with Crippen LogP contribution in [0.1, 0.15) is 0 Å². The minimum atomic E-state index is -4.67. The van der Waals surface area contributed by atoms with Gasteiger partial charge in [-0.15, -0.1) is 17.0 Å². The highest BCUT2D eigenvalue weighted by Gasteiger charge is 1.84. The average Bonchev–Trinajstić information content (AvgIpc) is 0.722. The van der Waals surface area contributed by atoms with Gasteiger partial charge >= 0.3 is 56.5 Å². The summed E-state index contributed by atoms with van der Waals surface area (Å²) in [7, 11) is -4.67. The molecule has 0 atom stereocenters. The molecular weight excluding hydrogens is 225 g/mol. The van der Waals surface area contributed by atoms with Crippen LogP contribution in [-0.2, 0) is 10.4 Å². The number of rotatable bonds is 0. The highest BCUT2D eigenvalue weighted by molar-refractivity contribution is 8.93. The lowest BCUT2D eigenvalue weighted by Gasteiger charge is -1.68. The van der Waals surface area contributed by atoms with E-state index in [-0.39, 0.29) is 63.1 Å². The van der Waals surface area contributed by atoms with Crippen molar-refractivity contribution in [1.29, 1.82) is 0 Å². The molecule has 0 amide bonds. The molecule has 0 aliphatic rings. The Hall–Kier alpha value is 1.88. The zero-order valence-corrected chi connectivity index (χ0v) is 5.06. The van der Waals surface area contributed by atoms with Crippen molar-refractivity contribution in [2.24, 2.45) is 0 Å². The van der Waals surface area contributed by atoms with E-state index in [1.165, 1.54) is 0 Å². The Morgan fingerprint density at radius 1 is 1.00 bits per heavy atom. The lowest BCUT2D eigenvalue weighted by atomic mass is 15.8. The molecule has 0 spiro atoms. The highest BCUT2D eigenvalue weighted by atomic mass is 79.9. The third-order valence-corrected chi connectivity index (χ3v) is 0. The van der Waals surface area contributed by atoms with E-state index < -0.39 is 10.4 Å². The second-order valence-corrected chi connectivity index (χ2v) is 1.34. The Bertz CT molecular complexity index is 97.2. The van der Waals surface area contributed by atoms with E-state index in [9.17, 15) is 0 Å². The largest absolute Gasteiger partial charge is 0.394 e. The monoisotopic (exact) mass is 230 g/mol. The van der Waals surface area contributed by atoms with Gasteiger partial charge in [0, 0.05) is 0 Å². The zero-order chi connectivity index (χ0) is 4.50. The summed E-state index contributed by atoms with van der Waals surface area (Å²) < 4.78 is 31.6. The van der Waals surface area contributed by atoms with Crippen LogP contribution in [-0.4, -0.2) is 63.6 Å². The van der Waals surface area contributed by atoms with E-state index in [2.05, 4.69) is 0 Å². The molecule has 0 aromatic heterocycles. The molecular formula is H7BrMg2O4S. The summed E-state index contributed by atoms with van der Waals surface area (Å²) in [5.74, 6) is 0. The maximum absolute atomic E-state index is 8.74. The van der Waals surface area contributed by atoms with Gasteiger partial charge in [-0.3, -0.25) is 9.11 Å². The first kappa shape index (κ1) is 22.5. The van der Waals surface area contributed by atoms with Gasteiger partial charge < -0.3 is 0 Å². The number of hydrogen-bond donors (Lipinski definition) is 2. The molecule has 0 heterocycles. The highest BCUT2D eigenvalue weighted by Crippen LogP contribution is 1.59. The average molecular weight is 232 g/mol. The fraction of sp³-hybridized carbons (Fsp3) is 0. The van der Waals surface area contributed by atoms with Gasteiger partial charge in [-0.25, -0.2) is 0 Å². The molecule has 0 rings (SSSR count). The summed E-state index contributed by atoms with van der Waals surface area (Å²) in [5, 5.41) is 0. The maximum Gasteiger partial charge on any atom is 0.394 e. The van der Waals surface area contributed by atoms with E-state index >= 15 is 0 Å². The molecule has 8 heavy (non-hydrogen) atoms. The van der Waals surface area contributed by atoms with Gasteiger partial charge in [0.1, 0.15) is 0 Å². The molecule has 0 saturated carbocycles. The minimum absolute atomic E-state index is 0. The molecule has 48 valence electrons. The molecule has 2 N–H and O–H groups in total. The first-order valence-corrected chi connectivity index (χ1v) is 2.10. The van der Waals surface area contributed by atoms with Crippen molar-refractivity contribution in [3.8, 4) is 0 Å². The Morgan fingerprint density at radius 3 is 1.00 bits per heavy atom. The molecule has 0 bridgehead atoms. The fourth-order valence-electron chi connectivity index (χ4n) is 0. The molecule has 0 aliphatic carbocycles. The van der Waals surface area contributed by atoms with Crippen LogP contribution in [0, 0.1) is 0 Å². The van der Waals surface area contributed by atoms with Gasteiger partial charge in [-0.05, 0) is 0 Å². The lowest BCUT2D eigenvalue weighted by molar-refractivity contribution is 0.381. The van der Waals surface area contributed by atoms with Crippen molar-refractivity contribution < 1.29 is 17.5 Å². The summed E-state index contributed by atoms with van der Waals surface area (Å²) >= 11 is 0. The van der Waals surface area contributed by atoms with Gasteiger partial charge in [0.2, 0.25) is 0 Å². The Morgan fingerprint density at radius 2 is 1.00 bits per heavy atom. The summed E-state index contributed by atoms with van der Waals surface area (Å²) in [4.78, 5) is 0. The van der Waals surface area contributed by atoms with E-state index in [0.29, 0.717) is 0 Å². The minimum Gasteiger partial charge on any atom is -0.264 e. The molecule has 0 saturated heterocycles. The van der Waals surface area contributed by atoms with Gasteiger partial charge in [0.05, 0.1) is 0 Å². The molecule has 0 fully saturated rings. The van der Waals surface area contributed by atoms with Crippen molar-refractivity contribution >= 4 is 73.5 Å². The Labute approximate surface area is 90.1 Å². The molecule has 0 aromatic rings. The van der Waals surface area contributed by atoms with Gasteiger partial charge in [0.25, 0.3) is 0 Å². The van der Waals surface area contributed by atoms with Crippen LogP contribution in [0.5, 0.6) is 0 Å². The Balaban J connectivity index is -0.0000000267. The van der Waals surface area contributed by atoms with Crippen LogP contribution in [0.4, 0.5) is 0 Å². The second kappa shape index (κ2) is 8.88. The first-order chi connectivity index (χ1) is 2.00. The topological polar surface area (TPSA) is 74.6 Å². The van der Waals surface area contributed by atoms with Gasteiger partial charge in [-0.1, -0.05) is 0 Å². The lowest BCUT2D eigenvalue weighted by Crippen LogP contribution is -1.89. The molecule has 0 unspecified atom stereocenters. The van der Waals surface area contributed by atoms with Crippen LogP contribution < -0.4 is 0 Å². The SMILES string of the molecule is Br.O=S(=O)(O)O.[MgH2].[MgH2]. The quantitative estimate of drug-likeness (QED) is 0.377. The van der Waals surface area contributed by atoms with E-state index in [1.807, 2.05) is 0 Å². The van der Waals surface area contributed by atoms with Crippen molar-refractivity contribution in [2.45, 2.75) is 0 Å². The van der Waals surface area contributed by atoms with Crippen molar-refractivity contribution in [1.82, 2.24) is 0 Å². The molecule has 8 heteroatoms. The number of halogens is 1. The third-order valence-electron chi connectivity index (χ3n) is 0. The summed E-state index contributed by atoms with van der Waals surface area (Å²) in [5.41, 5.74) is 0. The predicted octanol–water partition coefficient (Wildman–Crippen LogP) is -1.91. The normalized spacial score (nSPS) is 7.25. The summed E-state index contributed by atoms with van der Waals surface area (Å²) in [6.45, 7) is 0. The standard InChI is InChI=1S/BrH.2Mg.H2O4S.4H/c;;;1-5(2,3)4;;;;/h1H;;;(H2,1,2,3,4);;;;. The van der Waals surface area contributed by atoms with Crippen LogP contribution in [0.2, 0.25) is 0 Å². The zero-order valence-electron chi connectivity index (χ0n) is 2.53. The van der Waals surface area contributed by atoms with Crippen molar-refractivity contribution in [2.75, 3.05) is 0 Å². The van der Waals surface area contributed by atoms with Crippen molar-refractivity contribution in [3.63, 3.8) is 0 Å². The van der Waals surface area contributed by atoms with Crippen LogP contribution in [0.3, 0.4) is 0 Å². The third kappa shape index (κ3) is 105. The smallest absolute Gasteiger partial charge is 0.264 e. The van der Waals surface area contributed by atoms with Crippen LogP contribution >= 0.6 is 17.0 Å². The van der Waals surface area contributed by atoms with E-state index in [1.54, 1.807) is 0 Å². The summed E-state index contributed by atoms with van der Waals surface area (Å²) in [6.07, 6.45) is 0. The first-order valence-electron chi connectivity index (χ1n) is 0.698. The van der Waals surface area contributed by atoms with Gasteiger partial charge in [0.15, 0.2) is 0 Å². The molecule has 0 aliphatic heterocycles. The van der Waals surface area contributed by atoms with Crippen LogP contribution in [0.25, 0.3) is 0 Å². The van der Waals surface area contributed by atoms with E-state index in [0.717, 1.165) is 0 Å². The van der Waals surface area contributed by atoms with E-state index in [4.69, 9.17) is 17.5 Å². The molecule has 0 radical (unpaired) electrons. The molecule has 4 nitrogen and oxygen atoms in total. The fourth-order valence-corrected chi connectivity index (χ4v) is 0. The Kier molecular flexibility index (Phi) is 25.0. The predicted molar refractivity (Wildman–Crippen MR) is 41.6 cm³/mol. The van der Waals surface area contributed by atoms with Crippen molar-refractivity contribution in [3.05, 3.63) is 0 Å². The number of hydrogen-bond acceptors (Lipinski definition) is 2. The van der Waals surface area contributed by atoms with Crippen LogP contribution in [0.15, 0.2) is 0 Å². The molecule has 0 aromatic carbocycles.